The summed E-state index contributed by atoms with van der Waals surface area (Å²) in [5.41, 5.74) is 5.40. The van der Waals surface area contributed by atoms with Crippen molar-refractivity contribution in [1.29, 1.82) is 0 Å². The lowest BCUT2D eigenvalue weighted by molar-refractivity contribution is 0.341. The molecule has 0 aromatic carbocycles. The molecule has 1 fully saturated rings. The number of anilines is 1. The Morgan fingerprint density at radius 2 is 2.15 bits per heavy atom. The van der Waals surface area contributed by atoms with Crippen LogP contribution in [0.2, 0.25) is 0 Å². The Hall–Kier alpha value is -1.10. The van der Waals surface area contributed by atoms with Crippen molar-refractivity contribution in [3.8, 4) is 0 Å². The van der Waals surface area contributed by atoms with Crippen LogP contribution in [0.15, 0.2) is 0 Å². The van der Waals surface area contributed by atoms with Crippen LogP contribution >= 0.6 is 0 Å². The van der Waals surface area contributed by atoms with Crippen molar-refractivity contribution >= 4 is 5.95 Å². The quantitative estimate of drug-likeness (QED) is 0.690. The largest absolute Gasteiger partial charge is 0.367 e. The highest BCUT2D eigenvalue weighted by Gasteiger charge is 2.11. The van der Waals surface area contributed by atoms with Crippen molar-refractivity contribution in [3.05, 3.63) is 5.82 Å². The van der Waals surface area contributed by atoms with Crippen molar-refractivity contribution in [2.45, 2.75) is 19.3 Å². The van der Waals surface area contributed by atoms with Gasteiger partial charge in [0.15, 0.2) is 0 Å². The highest BCUT2D eigenvalue weighted by atomic mass is 15.3. The van der Waals surface area contributed by atoms with Crippen LogP contribution in [0, 0.1) is 0 Å². The second-order valence-corrected chi connectivity index (χ2v) is 3.44. The molecule has 13 heavy (non-hydrogen) atoms. The summed E-state index contributed by atoms with van der Waals surface area (Å²) in [6.45, 7) is 3.52. The number of aromatic nitrogens is 3. The number of nitrogen functional groups attached to an aromatic ring is 1. The van der Waals surface area contributed by atoms with Gasteiger partial charge >= 0.3 is 0 Å². The van der Waals surface area contributed by atoms with E-state index in [1.807, 2.05) is 0 Å². The van der Waals surface area contributed by atoms with Crippen molar-refractivity contribution < 1.29 is 0 Å². The zero-order valence-corrected chi connectivity index (χ0v) is 7.66. The number of H-pyrrole nitrogens is 1. The first-order valence-corrected chi connectivity index (χ1v) is 4.74. The van der Waals surface area contributed by atoms with E-state index >= 15 is 0 Å². The molecule has 2 rings (SSSR count). The fourth-order valence-corrected chi connectivity index (χ4v) is 1.69. The maximum Gasteiger partial charge on any atom is 0.239 e. The second-order valence-electron chi connectivity index (χ2n) is 3.44. The fraction of sp³-hybridized carbons (Fsp3) is 0.750. The summed E-state index contributed by atoms with van der Waals surface area (Å²) in [7, 11) is 0. The van der Waals surface area contributed by atoms with Gasteiger partial charge in [-0.2, -0.15) is 4.98 Å². The molecule has 2 heterocycles. The molecule has 0 aliphatic carbocycles. The summed E-state index contributed by atoms with van der Waals surface area (Å²) in [5, 5.41) is 6.60. The van der Waals surface area contributed by atoms with Gasteiger partial charge in [-0.05, 0) is 25.9 Å². The molecule has 0 saturated carbocycles. The third-order valence-corrected chi connectivity index (χ3v) is 2.41. The van der Waals surface area contributed by atoms with Crippen molar-refractivity contribution in [1.82, 2.24) is 20.1 Å². The molecule has 0 atom stereocenters. The van der Waals surface area contributed by atoms with E-state index in [0.29, 0.717) is 5.95 Å². The first kappa shape index (κ1) is 8.50. The number of nitrogens with zero attached hydrogens (tertiary/aromatic N) is 3. The van der Waals surface area contributed by atoms with Crippen LogP contribution in [0.5, 0.6) is 0 Å². The minimum Gasteiger partial charge on any atom is -0.367 e. The van der Waals surface area contributed by atoms with Gasteiger partial charge in [0.2, 0.25) is 5.95 Å². The Morgan fingerprint density at radius 1 is 1.38 bits per heavy atom. The molecule has 1 aromatic rings. The number of aromatic amines is 1. The lowest BCUT2D eigenvalue weighted by Gasteiger charge is -2.12. The van der Waals surface area contributed by atoms with Gasteiger partial charge in [-0.3, -0.25) is 5.10 Å². The predicted molar refractivity (Wildman–Crippen MR) is 50.2 cm³/mol. The van der Waals surface area contributed by atoms with Gasteiger partial charge < -0.3 is 10.6 Å². The summed E-state index contributed by atoms with van der Waals surface area (Å²) >= 11 is 0. The van der Waals surface area contributed by atoms with E-state index in [1.54, 1.807) is 0 Å². The van der Waals surface area contributed by atoms with Crippen LogP contribution in [0.1, 0.15) is 18.7 Å². The Kier molecular flexibility index (Phi) is 2.44. The van der Waals surface area contributed by atoms with Crippen LogP contribution in [0.3, 0.4) is 0 Å². The normalized spacial score (nSPS) is 18.2. The average molecular weight is 181 g/mol. The summed E-state index contributed by atoms with van der Waals surface area (Å²) in [5.74, 6) is 1.24. The number of nitrogens with two attached hydrogens (primary N) is 1. The lowest BCUT2D eigenvalue weighted by atomic mass is 10.4. The molecule has 1 saturated heterocycles. The van der Waals surface area contributed by atoms with Crippen LogP contribution in [-0.2, 0) is 6.42 Å². The van der Waals surface area contributed by atoms with Crippen molar-refractivity contribution in [3.63, 3.8) is 0 Å². The predicted octanol–water partition coefficient (Wildman–Crippen LogP) is 0.0252. The second kappa shape index (κ2) is 3.74. The molecule has 0 radical (unpaired) electrons. The highest BCUT2D eigenvalue weighted by Crippen LogP contribution is 2.07. The zero-order valence-electron chi connectivity index (χ0n) is 7.66. The third-order valence-electron chi connectivity index (χ3n) is 2.41. The topological polar surface area (TPSA) is 70.8 Å². The first-order valence-electron chi connectivity index (χ1n) is 4.74. The maximum absolute atomic E-state index is 5.40. The van der Waals surface area contributed by atoms with Crippen LogP contribution < -0.4 is 5.73 Å². The van der Waals surface area contributed by atoms with Gasteiger partial charge in [-0.1, -0.05) is 0 Å². The van der Waals surface area contributed by atoms with Gasteiger partial charge in [0.05, 0.1) is 0 Å². The Morgan fingerprint density at radius 3 is 2.77 bits per heavy atom. The van der Waals surface area contributed by atoms with E-state index in [4.69, 9.17) is 5.73 Å². The van der Waals surface area contributed by atoms with E-state index in [-0.39, 0.29) is 0 Å². The molecular formula is C8H15N5. The zero-order chi connectivity index (χ0) is 9.10. The standard InChI is InChI=1S/C8H15N5/c9-8-10-7(11-12-8)3-6-13-4-1-2-5-13/h1-6H2,(H3,9,10,11,12). The summed E-state index contributed by atoms with van der Waals surface area (Å²) in [6, 6.07) is 0. The number of nitrogens with one attached hydrogen (secondary N) is 1. The van der Waals surface area contributed by atoms with Gasteiger partial charge in [0.1, 0.15) is 5.82 Å². The fourth-order valence-electron chi connectivity index (χ4n) is 1.69. The molecule has 5 heteroatoms. The molecule has 0 amide bonds. The minimum atomic E-state index is 0.344. The molecule has 1 aromatic heterocycles. The van der Waals surface area contributed by atoms with E-state index in [9.17, 15) is 0 Å². The Labute approximate surface area is 77.3 Å². The number of hydrogen-bond donors (Lipinski definition) is 2. The SMILES string of the molecule is Nc1n[nH]c(CCN2CCCC2)n1. The molecular weight excluding hydrogens is 166 g/mol. The molecule has 72 valence electrons. The summed E-state index contributed by atoms with van der Waals surface area (Å²) in [4.78, 5) is 6.50. The average Bonchev–Trinajstić information content (AvgIpc) is 2.71. The number of hydrogen-bond acceptors (Lipinski definition) is 4. The molecule has 0 spiro atoms. The number of likely N-dealkylation sites (tertiary alicyclic amines) is 1. The Balaban J connectivity index is 1.78. The van der Waals surface area contributed by atoms with E-state index in [2.05, 4.69) is 20.1 Å². The van der Waals surface area contributed by atoms with E-state index in [0.717, 1.165) is 18.8 Å². The van der Waals surface area contributed by atoms with Gasteiger partial charge in [0, 0.05) is 13.0 Å². The molecule has 0 unspecified atom stereocenters. The Bertz CT molecular complexity index is 263. The monoisotopic (exact) mass is 181 g/mol. The first-order chi connectivity index (χ1) is 6.34. The molecule has 0 bridgehead atoms. The number of rotatable bonds is 3. The molecule has 1 aliphatic heterocycles. The van der Waals surface area contributed by atoms with E-state index < -0.39 is 0 Å². The van der Waals surface area contributed by atoms with Crippen LogP contribution in [-0.4, -0.2) is 39.7 Å². The summed E-state index contributed by atoms with van der Waals surface area (Å²) < 4.78 is 0. The van der Waals surface area contributed by atoms with Crippen LogP contribution in [0.25, 0.3) is 0 Å². The van der Waals surface area contributed by atoms with Crippen molar-refractivity contribution in [2.24, 2.45) is 0 Å². The maximum atomic E-state index is 5.40. The molecule has 3 N–H and O–H groups in total. The van der Waals surface area contributed by atoms with Crippen molar-refractivity contribution in [2.75, 3.05) is 25.4 Å². The molecule has 5 nitrogen and oxygen atoms in total. The molecule has 1 aliphatic rings. The van der Waals surface area contributed by atoms with Gasteiger partial charge in [0.25, 0.3) is 0 Å². The smallest absolute Gasteiger partial charge is 0.239 e. The highest BCUT2D eigenvalue weighted by molar-refractivity contribution is 5.12. The van der Waals surface area contributed by atoms with Gasteiger partial charge in [-0.15, -0.1) is 5.10 Å². The third kappa shape index (κ3) is 2.18. The summed E-state index contributed by atoms with van der Waals surface area (Å²) in [6.07, 6.45) is 3.58. The minimum absolute atomic E-state index is 0.344. The van der Waals surface area contributed by atoms with Gasteiger partial charge in [-0.25, -0.2) is 0 Å². The van der Waals surface area contributed by atoms with Crippen LogP contribution in [0.4, 0.5) is 5.95 Å². The van der Waals surface area contributed by atoms with E-state index in [1.165, 1.54) is 25.9 Å². The lowest BCUT2D eigenvalue weighted by Crippen LogP contribution is -2.22.